The third kappa shape index (κ3) is 2.75. The molecule has 1 unspecified atom stereocenters. The number of aromatic nitrogens is 2. The molecule has 0 aliphatic carbocycles. The summed E-state index contributed by atoms with van der Waals surface area (Å²) < 4.78 is 11.6. The number of anilines is 1. The van der Waals surface area contributed by atoms with Crippen molar-refractivity contribution < 1.29 is 9.47 Å². The summed E-state index contributed by atoms with van der Waals surface area (Å²) in [4.78, 5) is 20.1. The van der Waals surface area contributed by atoms with E-state index in [9.17, 15) is 10.1 Å². The minimum absolute atomic E-state index is 0.0129. The maximum absolute atomic E-state index is 12.9. The Morgan fingerprint density at radius 1 is 1.43 bits per heavy atom. The van der Waals surface area contributed by atoms with Crippen LogP contribution in [0.2, 0.25) is 0 Å². The van der Waals surface area contributed by atoms with E-state index in [2.05, 4.69) is 21.4 Å². The molecule has 3 heterocycles. The molecule has 4 N–H and O–H groups in total. The van der Waals surface area contributed by atoms with E-state index < -0.39 is 5.92 Å². The van der Waals surface area contributed by atoms with Gasteiger partial charge in [-0.1, -0.05) is 23.5 Å². The van der Waals surface area contributed by atoms with E-state index in [1.165, 1.54) is 11.3 Å². The minimum Gasteiger partial charge on any atom is -0.497 e. The molecule has 0 amide bonds. The average Bonchev–Trinajstić information content (AvgIpc) is 3.10. The highest BCUT2D eigenvalue weighted by Gasteiger charge is 2.35. The molecule has 142 valence electrons. The molecule has 28 heavy (non-hydrogen) atoms. The lowest BCUT2D eigenvalue weighted by Crippen LogP contribution is -2.27. The Morgan fingerprint density at radius 3 is 2.82 bits per heavy atom. The number of pyridine rings is 1. The molecule has 0 fully saturated rings. The fourth-order valence-corrected chi connectivity index (χ4v) is 4.23. The summed E-state index contributed by atoms with van der Waals surface area (Å²) in [6.07, 6.45) is 0. The van der Waals surface area contributed by atoms with E-state index in [0.29, 0.717) is 39.1 Å². The smallest absolute Gasteiger partial charge is 0.257 e. The summed E-state index contributed by atoms with van der Waals surface area (Å²) in [5, 5.41) is 13.5. The SMILES string of the molecule is CCNc1nc2[nH]c(=O)c3c(c2s1)OC(N)=C(C#N)C3c1ccc(OC)cc1. The standard InChI is InChI=1S/C19H17N5O3S/c1-3-22-19-24-17-15(28-19)14-13(18(25)23-17)12(11(8-20)16(21)27-14)9-4-6-10(26-2)7-5-9/h4-7,12H,3,21H2,1-2H3,(H2,22,23,24,25). The first-order valence-electron chi connectivity index (χ1n) is 8.59. The highest BCUT2D eigenvalue weighted by molar-refractivity contribution is 7.22. The fraction of sp³-hybridized carbons (Fsp3) is 0.211. The van der Waals surface area contributed by atoms with Crippen LogP contribution in [-0.2, 0) is 0 Å². The van der Waals surface area contributed by atoms with Crippen molar-refractivity contribution in [3.05, 3.63) is 57.2 Å². The van der Waals surface area contributed by atoms with Gasteiger partial charge in [-0.25, -0.2) is 4.98 Å². The van der Waals surface area contributed by atoms with Crippen molar-refractivity contribution in [2.75, 3.05) is 19.0 Å². The number of nitrogens with zero attached hydrogens (tertiary/aromatic N) is 2. The summed E-state index contributed by atoms with van der Waals surface area (Å²) in [7, 11) is 1.57. The lowest BCUT2D eigenvalue weighted by atomic mass is 9.84. The molecular formula is C19H17N5O3S. The largest absolute Gasteiger partial charge is 0.497 e. The second kappa shape index (κ2) is 6.90. The topological polar surface area (TPSA) is 126 Å². The molecule has 8 nitrogen and oxygen atoms in total. The van der Waals surface area contributed by atoms with Crippen LogP contribution in [0, 0.1) is 11.3 Å². The number of methoxy groups -OCH3 is 1. The van der Waals surface area contributed by atoms with Crippen LogP contribution < -0.4 is 26.1 Å². The average molecular weight is 395 g/mol. The third-order valence-corrected chi connectivity index (χ3v) is 5.52. The number of rotatable bonds is 4. The Bertz CT molecular complexity index is 1190. The van der Waals surface area contributed by atoms with Gasteiger partial charge in [-0.15, -0.1) is 0 Å². The summed E-state index contributed by atoms with van der Waals surface area (Å²) >= 11 is 1.36. The van der Waals surface area contributed by atoms with Crippen LogP contribution in [0.3, 0.4) is 0 Å². The van der Waals surface area contributed by atoms with E-state index >= 15 is 0 Å². The van der Waals surface area contributed by atoms with Crippen LogP contribution in [-0.4, -0.2) is 23.6 Å². The number of hydrogen-bond acceptors (Lipinski definition) is 8. The number of hydrogen-bond donors (Lipinski definition) is 3. The number of fused-ring (bicyclic) bond motifs is 3. The molecule has 0 radical (unpaired) electrons. The van der Waals surface area contributed by atoms with Gasteiger partial charge >= 0.3 is 0 Å². The number of nitrogens with two attached hydrogens (primary N) is 1. The van der Waals surface area contributed by atoms with Crippen LogP contribution >= 0.6 is 11.3 Å². The monoisotopic (exact) mass is 395 g/mol. The van der Waals surface area contributed by atoms with Crippen molar-refractivity contribution in [1.82, 2.24) is 9.97 Å². The van der Waals surface area contributed by atoms with Gasteiger partial charge in [0.15, 0.2) is 16.5 Å². The van der Waals surface area contributed by atoms with Gasteiger partial charge in [0.05, 0.1) is 18.6 Å². The Hall–Kier alpha value is -3.51. The van der Waals surface area contributed by atoms with E-state index in [4.69, 9.17) is 15.2 Å². The molecule has 4 rings (SSSR count). The Morgan fingerprint density at radius 2 is 2.18 bits per heavy atom. The number of allylic oxidation sites excluding steroid dienone is 1. The summed E-state index contributed by atoms with van der Waals surface area (Å²) in [6, 6.07) is 9.26. The van der Waals surface area contributed by atoms with Gasteiger partial charge in [-0.05, 0) is 24.6 Å². The normalized spacial score (nSPS) is 15.7. The zero-order chi connectivity index (χ0) is 19.8. The summed E-state index contributed by atoms with van der Waals surface area (Å²) in [6.45, 7) is 2.66. The quantitative estimate of drug-likeness (QED) is 0.620. The zero-order valence-corrected chi connectivity index (χ0v) is 16.0. The van der Waals surface area contributed by atoms with Gasteiger partial charge in [0.25, 0.3) is 5.56 Å². The van der Waals surface area contributed by atoms with Crippen LogP contribution in [0.15, 0.2) is 40.5 Å². The molecule has 1 aliphatic rings. The number of nitrogens with one attached hydrogen (secondary N) is 2. The maximum Gasteiger partial charge on any atom is 0.257 e. The molecule has 1 aliphatic heterocycles. The molecule has 0 spiro atoms. The molecule has 2 aromatic heterocycles. The Labute approximate surface area is 164 Å². The molecule has 1 atom stereocenters. The lowest BCUT2D eigenvalue weighted by molar-refractivity contribution is 0.397. The van der Waals surface area contributed by atoms with Crippen molar-refractivity contribution in [1.29, 1.82) is 5.26 Å². The van der Waals surface area contributed by atoms with Crippen LogP contribution in [0.4, 0.5) is 5.13 Å². The molecule has 0 saturated carbocycles. The van der Waals surface area contributed by atoms with Crippen LogP contribution in [0.1, 0.15) is 24.0 Å². The summed E-state index contributed by atoms with van der Waals surface area (Å²) in [5.74, 6) is 0.366. The minimum atomic E-state index is -0.641. The van der Waals surface area contributed by atoms with Crippen LogP contribution in [0.5, 0.6) is 11.5 Å². The predicted octanol–water partition coefficient (Wildman–Crippen LogP) is 2.64. The number of benzene rings is 1. The highest BCUT2D eigenvalue weighted by atomic mass is 32.1. The third-order valence-electron chi connectivity index (χ3n) is 4.51. The van der Waals surface area contributed by atoms with Crippen molar-refractivity contribution in [2.24, 2.45) is 5.73 Å². The van der Waals surface area contributed by atoms with E-state index in [1.807, 2.05) is 19.1 Å². The Balaban J connectivity index is 1.98. The summed E-state index contributed by atoms with van der Waals surface area (Å²) in [5.41, 5.74) is 7.40. The van der Waals surface area contributed by atoms with Crippen molar-refractivity contribution in [3.8, 4) is 17.6 Å². The second-order valence-electron chi connectivity index (χ2n) is 6.12. The zero-order valence-electron chi connectivity index (χ0n) is 15.2. The van der Waals surface area contributed by atoms with Gasteiger partial charge in [-0.3, -0.25) is 4.79 Å². The molecule has 9 heteroatoms. The number of H-pyrrole nitrogens is 1. The van der Waals surface area contributed by atoms with Gasteiger partial charge in [-0.2, -0.15) is 5.26 Å². The van der Waals surface area contributed by atoms with Crippen LogP contribution in [0.25, 0.3) is 10.3 Å². The van der Waals surface area contributed by atoms with Gasteiger partial charge in [0.1, 0.15) is 22.1 Å². The molecule has 1 aromatic carbocycles. The number of ether oxygens (including phenoxy) is 2. The number of aromatic amines is 1. The van der Waals surface area contributed by atoms with Crippen molar-refractivity contribution in [2.45, 2.75) is 12.8 Å². The number of thiazole rings is 1. The number of nitriles is 1. The first-order valence-corrected chi connectivity index (χ1v) is 9.41. The van der Waals surface area contributed by atoms with E-state index in [0.717, 1.165) is 5.56 Å². The van der Waals surface area contributed by atoms with E-state index in [1.54, 1.807) is 19.2 Å². The van der Waals surface area contributed by atoms with Gasteiger partial charge in [0.2, 0.25) is 5.88 Å². The first-order chi connectivity index (χ1) is 13.6. The van der Waals surface area contributed by atoms with E-state index in [-0.39, 0.29) is 17.0 Å². The first kappa shape index (κ1) is 17.9. The van der Waals surface area contributed by atoms with Gasteiger partial charge in [0, 0.05) is 6.54 Å². The predicted molar refractivity (Wildman–Crippen MR) is 107 cm³/mol. The fourth-order valence-electron chi connectivity index (χ4n) is 3.25. The lowest BCUT2D eigenvalue weighted by Gasteiger charge is -2.25. The molecule has 0 bridgehead atoms. The molecule has 3 aromatic rings. The van der Waals surface area contributed by atoms with Crippen molar-refractivity contribution >= 4 is 26.8 Å². The maximum atomic E-state index is 12.9. The molecule has 0 saturated heterocycles. The second-order valence-corrected chi connectivity index (χ2v) is 7.12. The highest BCUT2D eigenvalue weighted by Crippen LogP contribution is 2.45. The Kier molecular flexibility index (Phi) is 4.41. The molecular weight excluding hydrogens is 378 g/mol. The van der Waals surface area contributed by atoms with Crippen molar-refractivity contribution in [3.63, 3.8) is 0 Å². The van der Waals surface area contributed by atoms with Gasteiger partial charge < -0.3 is 25.5 Å².